The Labute approximate surface area is 190 Å². The van der Waals surface area contributed by atoms with Crippen LogP contribution in [0.3, 0.4) is 0 Å². The smallest absolute Gasteiger partial charge is 0.234 e. The number of nitrogens with one attached hydrogen (secondary N) is 3. The maximum atomic E-state index is 12.2. The van der Waals surface area contributed by atoms with E-state index in [0.29, 0.717) is 21.6 Å². The maximum absolute atomic E-state index is 12.2. The number of hydrogen-bond donors (Lipinski definition) is 3. The van der Waals surface area contributed by atoms with Gasteiger partial charge < -0.3 is 20.7 Å². The molecule has 8 heteroatoms. The molecule has 0 aromatic heterocycles. The SMILES string of the molecule is COc1ccccc1NC(=S)Nc1cccc(SCC(=O)Nc2ccc(Cl)cc2)c1. The van der Waals surface area contributed by atoms with Gasteiger partial charge in [0.1, 0.15) is 5.75 Å². The quantitative estimate of drug-likeness (QED) is 0.304. The predicted octanol–water partition coefficient (Wildman–Crippen LogP) is 5.89. The third-order valence-electron chi connectivity index (χ3n) is 3.94. The zero-order chi connectivity index (χ0) is 21.3. The molecular weight excluding hydrogens is 438 g/mol. The average Bonchev–Trinajstić information content (AvgIpc) is 2.74. The predicted molar refractivity (Wildman–Crippen MR) is 130 cm³/mol. The Bertz CT molecular complexity index is 1030. The average molecular weight is 458 g/mol. The van der Waals surface area contributed by atoms with Crippen molar-refractivity contribution >= 4 is 63.7 Å². The molecular formula is C22H20ClN3O2S2. The summed E-state index contributed by atoms with van der Waals surface area (Å²) in [5, 5.41) is 10.2. The minimum atomic E-state index is -0.0888. The number of para-hydroxylation sites is 2. The van der Waals surface area contributed by atoms with Gasteiger partial charge in [-0.3, -0.25) is 4.79 Å². The molecule has 3 rings (SSSR count). The molecule has 0 saturated carbocycles. The van der Waals surface area contributed by atoms with Crippen LogP contribution in [0.25, 0.3) is 0 Å². The summed E-state index contributed by atoms with van der Waals surface area (Å²) in [5.74, 6) is 0.905. The van der Waals surface area contributed by atoms with Gasteiger partial charge >= 0.3 is 0 Å². The number of carbonyl (C=O) groups excluding carboxylic acids is 1. The molecule has 0 radical (unpaired) electrons. The van der Waals surface area contributed by atoms with Crippen molar-refractivity contribution in [1.29, 1.82) is 0 Å². The van der Waals surface area contributed by atoms with Crippen LogP contribution in [0, 0.1) is 0 Å². The Morgan fingerprint density at radius 2 is 1.73 bits per heavy atom. The van der Waals surface area contributed by atoms with E-state index in [0.717, 1.165) is 16.3 Å². The topological polar surface area (TPSA) is 62.4 Å². The molecule has 0 aliphatic carbocycles. The number of anilines is 3. The number of halogens is 1. The van der Waals surface area contributed by atoms with Gasteiger partial charge in [0.05, 0.1) is 18.6 Å². The van der Waals surface area contributed by atoms with E-state index in [2.05, 4.69) is 16.0 Å². The van der Waals surface area contributed by atoms with E-state index in [9.17, 15) is 4.79 Å². The van der Waals surface area contributed by atoms with Crippen molar-refractivity contribution in [3.8, 4) is 5.75 Å². The summed E-state index contributed by atoms with van der Waals surface area (Å²) >= 11 is 12.7. The van der Waals surface area contributed by atoms with Crippen LogP contribution in [-0.2, 0) is 4.79 Å². The van der Waals surface area contributed by atoms with Crippen LogP contribution < -0.4 is 20.7 Å². The summed E-state index contributed by atoms with van der Waals surface area (Å²) in [6.45, 7) is 0. The first kappa shape index (κ1) is 22.0. The molecule has 3 aromatic rings. The van der Waals surface area contributed by atoms with Crippen molar-refractivity contribution in [2.24, 2.45) is 0 Å². The van der Waals surface area contributed by atoms with Crippen LogP contribution in [0.5, 0.6) is 5.75 Å². The first-order chi connectivity index (χ1) is 14.5. The number of carbonyl (C=O) groups is 1. The number of benzene rings is 3. The molecule has 0 aliphatic rings. The number of methoxy groups -OCH3 is 1. The molecule has 0 unspecified atom stereocenters. The number of hydrogen-bond acceptors (Lipinski definition) is 4. The van der Waals surface area contributed by atoms with E-state index < -0.39 is 0 Å². The van der Waals surface area contributed by atoms with E-state index in [1.165, 1.54) is 11.8 Å². The standard InChI is InChI=1S/C22H20ClN3O2S2/c1-28-20-8-3-2-7-19(20)26-22(29)25-17-5-4-6-18(13-17)30-14-21(27)24-16-11-9-15(23)10-12-16/h2-13H,14H2,1H3,(H,24,27)(H2,25,26,29). The summed E-state index contributed by atoms with van der Waals surface area (Å²) in [6.07, 6.45) is 0. The zero-order valence-electron chi connectivity index (χ0n) is 16.1. The number of rotatable bonds is 7. The summed E-state index contributed by atoms with van der Waals surface area (Å²) in [6, 6.07) is 22.3. The van der Waals surface area contributed by atoms with E-state index in [1.54, 1.807) is 31.4 Å². The lowest BCUT2D eigenvalue weighted by Gasteiger charge is -2.13. The lowest BCUT2D eigenvalue weighted by atomic mass is 10.3. The first-order valence-corrected chi connectivity index (χ1v) is 10.8. The van der Waals surface area contributed by atoms with Crippen molar-refractivity contribution < 1.29 is 9.53 Å². The summed E-state index contributed by atoms with van der Waals surface area (Å²) in [4.78, 5) is 13.1. The lowest BCUT2D eigenvalue weighted by Crippen LogP contribution is -2.19. The molecule has 5 nitrogen and oxygen atoms in total. The fourth-order valence-corrected chi connectivity index (χ4v) is 3.68. The van der Waals surface area contributed by atoms with E-state index in [4.69, 9.17) is 28.6 Å². The van der Waals surface area contributed by atoms with Gasteiger partial charge in [-0.25, -0.2) is 0 Å². The van der Waals surface area contributed by atoms with Crippen LogP contribution in [0.1, 0.15) is 0 Å². The van der Waals surface area contributed by atoms with Gasteiger partial charge in [-0.05, 0) is 66.8 Å². The van der Waals surface area contributed by atoms with Crippen molar-refractivity contribution in [3.05, 3.63) is 77.8 Å². The Hall–Kier alpha value is -2.74. The van der Waals surface area contributed by atoms with Gasteiger partial charge in [0, 0.05) is 21.3 Å². The molecule has 0 heterocycles. The molecule has 30 heavy (non-hydrogen) atoms. The largest absolute Gasteiger partial charge is 0.495 e. The zero-order valence-corrected chi connectivity index (χ0v) is 18.5. The number of thiocarbonyl (C=S) groups is 1. The molecule has 0 fully saturated rings. The molecule has 154 valence electrons. The summed E-state index contributed by atoms with van der Waals surface area (Å²) in [5.41, 5.74) is 2.32. The van der Waals surface area contributed by atoms with Crippen molar-refractivity contribution in [2.75, 3.05) is 28.8 Å². The van der Waals surface area contributed by atoms with E-state index >= 15 is 0 Å². The summed E-state index contributed by atoms with van der Waals surface area (Å²) in [7, 11) is 1.61. The molecule has 1 amide bonds. The second kappa shape index (κ2) is 10.9. The highest BCUT2D eigenvalue weighted by molar-refractivity contribution is 8.00. The molecule has 0 aliphatic heterocycles. The monoisotopic (exact) mass is 457 g/mol. The second-order valence-electron chi connectivity index (χ2n) is 6.15. The van der Waals surface area contributed by atoms with Crippen molar-refractivity contribution in [1.82, 2.24) is 0 Å². The summed E-state index contributed by atoms with van der Waals surface area (Å²) < 4.78 is 5.32. The van der Waals surface area contributed by atoms with Crippen LogP contribution >= 0.6 is 35.6 Å². The molecule has 0 bridgehead atoms. The maximum Gasteiger partial charge on any atom is 0.234 e. The normalized spacial score (nSPS) is 10.2. The Kier molecular flexibility index (Phi) is 7.96. The molecule has 3 aromatic carbocycles. The van der Waals surface area contributed by atoms with Crippen LogP contribution in [0.15, 0.2) is 77.7 Å². The second-order valence-corrected chi connectivity index (χ2v) is 8.04. The van der Waals surface area contributed by atoms with Crippen molar-refractivity contribution in [2.45, 2.75) is 4.90 Å². The Morgan fingerprint density at radius 1 is 0.967 bits per heavy atom. The highest BCUT2D eigenvalue weighted by Crippen LogP contribution is 2.25. The van der Waals surface area contributed by atoms with Gasteiger partial charge in [0.2, 0.25) is 5.91 Å². The first-order valence-electron chi connectivity index (χ1n) is 9.03. The van der Waals surface area contributed by atoms with E-state index in [-0.39, 0.29) is 11.7 Å². The fourth-order valence-electron chi connectivity index (χ4n) is 2.58. The van der Waals surface area contributed by atoms with Crippen molar-refractivity contribution in [3.63, 3.8) is 0 Å². The van der Waals surface area contributed by atoms with Gasteiger partial charge in [0.25, 0.3) is 0 Å². The van der Waals surface area contributed by atoms with Gasteiger partial charge in [0.15, 0.2) is 5.11 Å². The van der Waals surface area contributed by atoms with E-state index in [1.807, 2.05) is 48.5 Å². The fraction of sp³-hybridized carbons (Fsp3) is 0.0909. The van der Waals surface area contributed by atoms with Gasteiger partial charge in [-0.1, -0.05) is 29.8 Å². The highest BCUT2D eigenvalue weighted by atomic mass is 35.5. The van der Waals surface area contributed by atoms with Crippen LogP contribution in [0.4, 0.5) is 17.1 Å². The molecule has 0 spiro atoms. The third-order valence-corrected chi connectivity index (χ3v) is 5.39. The minimum absolute atomic E-state index is 0.0888. The lowest BCUT2D eigenvalue weighted by molar-refractivity contribution is -0.113. The third kappa shape index (κ3) is 6.66. The molecule has 3 N–H and O–H groups in total. The van der Waals surface area contributed by atoms with Crippen LogP contribution in [0.2, 0.25) is 5.02 Å². The Balaban J connectivity index is 1.53. The van der Waals surface area contributed by atoms with Gasteiger partial charge in [-0.2, -0.15) is 0 Å². The minimum Gasteiger partial charge on any atom is -0.495 e. The van der Waals surface area contributed by atoms with Crippen LogP contribution in [-0.4, -0.2) is 23.9 Å². The Morgan fingerprint density at radius 3 is 2.50 bits per heavy atom. The number of amides is 1. The molecule has 0 atom stereocenters. The number of ether oxygens (including phenoxy) is 1. The number of thioether (sulfide) groups is 1. The van der Waals surface area contributed by atoms with Gasteiger partial charge in [-0.15, -0.1) is 11.8 Å². The highest BCUT2D eigenvalue weighted by Gasteiger charge is 2.07. The molecule has 0 saturated heterocycles.